The zero-order valence-corrected chi connectivity index (χ0v) is 11.5. The van der Waals surface area contributed by atoms with Gasteiger partial charge in [-0.3, -0.25) is 4.79 Å². The third-order valence-corrected chi connectivity index (χ3v) is 4.28. The van der Waals surface area contributed by atoms with Crippen LogP contribution in [-0.2, 0) is 16.9 Å². The van der Waals surface area contributed by atoms with Gasteiger partial charge < -0.3 is 9.88 Å². The number of amides is 1. The molecule has 1 aliphatic heterocycles. The normalized spacial score (nSPS) is 21.6. The number of rotatable bonds is 2. The van der Waals surface area contributed by atoms with Crippen LogP contribution in [0.4, 0.5) is 0 Å². The summed E-state index contributed by atoms with van der Waals surface area (Å²) < 4.78 is 24.8. The largest absolute Gasteiger partial charge is 0.345 e. The first kappa shape index (κ1) is 12.4. The maximum absolute atomic E-state index is 11.9. The van der Waals surface area contributed by atoms with E-state index < -0.39 is 15.9 Å². The van der Waals surface area contributed by atoms with Crippen molar-refractivity contribution in [2.24, 2.45) is 7.05 Å². The number of hydrogen-bond donors (Lipinski definition) is 1. The number of aromatic nitrogens is 1. The molecule has 0 saturated heterocycles. The number of carbonyl (C=O) groups is 1. The SMILES string of the molecule is Cn1cc(Br)cc1C(=O)NC1C=CS(=O)(=O)C1. The molecule has 0 spiro atoms. The molecule has 17 heavy (non-hydrogen) atoms. The summed E-state index contributed by atoms with van der Waals surface area (Å²) in [5.41, 5.74) is 0.481. The third-order valence-electron chi connectivity index (χ3n) is 2.45. The predicted octanol–water partition coefficient (Wildman–Crippen LogP) is 0.828. The molecule has 2 heterocycles. The number of sulfone groups is 1. The molecular formula is C10H11BrN2O3S. The third kappa shape index (κ3) is 2.78. The highest BCUT2D eigenvalue weighted by Gasteiger charge is 2.24. The number of aryl methyl sites for hydroxylation is 1. The van der Waals surface area contributed by atoms with Crippen LogP contribution < -0.4 is 5.32 Å². The average molecular weight is 319 g/mol. The Morgan fingerprint density at radius 1 is 1.59 bits per heavy atom. The van der Waals surface area contributed by atoms with Gasteiger partial charge in [0.2, 0.25) is 0 Å². The number of carbonyl (C=O) groups excluding carboxylic acids is 1. The Kier molecular flexibility index (Phi) is 3.13. The molecule has 7 heteroatoms. The lowest BCUT2D eigenvalue weighted by Gasteiger charge is -2.10. The van der Waals surface area contributed by atoms with Crippen molar-refractivity contribution in [3.05, 3.63) is 33.9 Å². The second kappa shape index (κ2) is 4.30. The van der Waals surface area contributed by atoms with Gasteiger partial charge in [-0.15, -0.1) is 0 Å². The van der Waals surface area contributed by atoms with E-state index in [4.69, 9.17) is 0 Å². The van der Waals surface area contributed by atoms with Crippen LogP contribution in [0.25, 0.3) is 0 Å². The van der Waals surface area contributed by atoms with Crippen molar-refractivity contribution in [3.63, 3.8) is 0 Å². The molecule has 0 radical (unpaired) electrons. The molecule has 1 aromatic heterocycles. The zero-order valence-electron chi connectivity index (χ0n) is 9.05. The number of halogens is 1. The quantitative estimate of drug-likeness (QED) is 0.878. The van der Waals surface area contributed by atoms with Crippen molar-refractivity contribution in [2.45, 2.75) is 6.04 Å². The Morgan fingerprint density at radius 2 is 2.29 bits per heavy atom. The summed E-state index contributed by atoms with van der Waals surface area (Å²) in [7, 11) is -1.39. The molecule has 0 aliphatic carbocycles. The lowest BCUT2D eigenvalue weighted by molar-refractivity contribution is 0.0939. The first-order chi connectivity index (χ1) is 7.87. The molecule has 5 nitrogen and oxygen atoms in total. The number of nitrogens with zero attached hydrogens (tertiary/aromatic N) is 1. The Balaban J connectivity index is 2.09. The summed E-state index contributed by atoms with van der Waals surface area (Å²) in [5, 5.41) is 3.80. The molecule has 0 fully saturated rings. The van der Waals surface area contributed by atoms with Crippen molar-refractivity contribution >= 4 is 31.7 Å². The molecule has 1 aromatic rings. The van der Waals surface area contributed by atoms with Gasteiger partial charge in [0.1, 0.15) is 5.69 Å². The predicted molar refractivity (Wildman–Crippen MR) is 67.3 cm³/mol. The van der Waals surface area contributed by atoms with E-state index in [9.17, 15) is 13.2 Å². The standard InChI is InChI=1S/C10H11BrN2O3S/c1-13-5-7(11)4-9(13)10(14)12-8-2-3-17(15,16)6-8/h2-5,8H,6H2,1H3,(H,12,14). The van der Waals surface area contributed by atoms with Gasteiger partial charge in [-0.05, 0) is 28.1 Å². The van der Waals surface area contributed by atoms with Crippen LogP contribution in [0.15, 0.2) is 28.2 Å². The topological polar surface area (TPSA) is 68.2 Å². The molecule has 0 aromatic carbocycles. The maximum Gasteiger partial charge on any atom is 0.268 e. The van der Waals surface area contributed by atoms with Gasteiger partial charge in [-0.2, -0.15) is 0 Å². The molecule has 1 unspecified atom stereocenters. The minimum absolute atomic E-state index is 0.0651. The van der Waals surface area contributed by atoms with Crippen LogP contribution in [0.2, 0.25) is 0 Å². The molecule has 0 saturated carbocycles. The molecule has 1 atom stereocenters. The first-order valence-corrected chi connectivity index (χ1v) is 7.42. The fraction of sp³-hybridized carbons (Fsp3) is 0.300. The van der Waals surface area contributed by atoms with Crippen LogP contribution in [0.3, 0.4) is 0 Å². The molecule has 0 bridgehead atoms. The zero-order chi connectivity index (χ0) is 12.6. The van der Waals surface area contributed by atoms with Crippen LogP contribution >= 0.6 is 15.9 Å². The molecule has 92 valence electrons. The summed E-state index contributed by atoms with van der Waals surface area (Å²) in [6, 6.07) is 1.24. The first-order valence-electron chi connectivity index (χ1n) is 4.91. The summed E-state index contributed by atoms with van der Waals surface area (Å²) in [6.07, 6.45) is 3.25. The minimum atomic E-state index is -3.14. The van der Waals surface area contributed by atoms with Gasteiger partial charge in [0, 0.05) is 23.1 Å². The van der Waals surface area contributed by atoms with Crippen molar-refractivity contribution in [1.82, 2.24) is 9.88 Å². The lowest BCUT2D eigenvalue weighted by Crippen LogP contribution is -2.36. The van der Waals surface area contributed by atoms with E-state index in [1.54, 1.807) is 23.9 Å². The fourth-order valence-corrected chi connectivity index (χ4v) is 3.42. The Hall–Kier alpha value is -1.08. The summed E-state index contributed by atoms with van der Waals surface area (Å²) in [5.74, 6) is -0.352. The molecule has 1 amide bonds. The van der Waals surface area contributed by atoms with Crippen LogP contribution in [0.1, 0.15) is 10.5 Å². The van der Waals surface area contributed by atoms with E-state index in [0.29, 0.717) is 5.69 Å². The number of hydrogen-bond acceptors (Lipinski definition) is 3. The Morgan fingerprint density at radius 3 is 2.76 bits per heavy atom. The van der Waals surface area contributed by atoms with E-state index in [1.807, 2.05) is 0 Å². The fourth-order valence-electron chi connectivity index (χ4n) is 1.66. The van der Waals surface area contributed by atoms with E-state index >= 15 is 0 Å². The Bertz CT molecular complexity index is 589. The van der Waals surface area contributed by atoms with E-state index in [1.165, 1.54) is 6.08 Å². The lowest BCUT2D eigenvalue weighted by atomic mass is 10.3. The van der Waals surface area contributed by atoms with Crippen molar-refractivity contribution in [3.8, 4) is 0 Å². The molecular weight excluding hydrogens is 308 g/mol. The highest BCUT2D eigenvalue weighted by molar-refractivity contribution is 9.10. The van der Waals surface area contributed by atoms with Gasteiger partial charge in [0.15, 0.2) is 9.84 Å². The van der Waals surface area contributed by atoms with E-state index in [2.05, 4.69) is 21.2 Å². The monoisotopic (exact) mass is 318 g/mol. The molecule has 1 aliphatic rings. The van der Waals surface area contributed by atoms with E-state index in [0.717, 1.165) is 9.88 Å². The second-order valence-corrected chi connectivity index (χ2v) is 6.74. The van der Waals surface area contributed by atoms with Gasteiger partial charge >= 0.3 is 0 Å². The van der Waals surface area contributed by atoms with Gasteiger partial charge in [0.05, 0.1) is 11.8 Å². The summed E-state index contributed by atoms with van der Waals surface area (Å²) in [4.78, 5) is 11.9. The number of nitrogens with one attached hydrogen (secondary N) is 1. The van der Waals surface area contributed by atoms with Crippen molar-refractivity contribution in [2.75, 3.05) is 5.75 Å². The van der Waals surface area contributed by atoms with Crippen LogP contribution in [-0.4, -0.2) is 30.7 Å². The average Bonchev–Trinajstić information content (AvgIpc) is 2.69. The highest BCUT2D eigenvalue weighted by atomic mass is 79.9. The van der Waals surface area contributed by atoms with Crippen molar-refractivity contribution in [1.29, 1.82) is 0 Å². The molecule has 2 rings (SSSR count). The highest BCUT2D eigenvalue weighted by Crippen LogP contribution is 2.14. The summed E-state index contributed by atoms with van der Waals surface area (Å²) >= 11 is 3.27. The van der Waals surface area contributed by atoms with E-state index in [-0.39, 0.29) is 11.7 Å². The Labute approximate surface area is 108 Å². The van der Waals surface area contributed by atoms with Crippen LogP contribution in [0.5, 0.6) is 0 Å². The maximum atomic E-state index is 11.9. The van der Waals surface area contributed by atoms with Gasteiger partial charge in [0.25, 0.3) is 5.91 Å². The van der Waals surface area contributed by atoms with Gasteiger partial charge in [-0.25, -0.2) is 8.42 Å². The summed E-state index contributed by atoms with van der Waals surface area (Å²) in [6.45, 7) is 0. The van der Waals surface area contributed by atoms with Gasteiger partial charge in [-0.1, -0.05) is 0 Å². The van der Waals surface area contributed by atoms with Crippen LogP contribution in [0, 0.1) is 0 Å². The molecule has 1 N–H and O–H groups in total. The van der Waals surface area contributed by atoms with Crippen molar-refractivity contribution < 1.29 is 13.2 Å². The minimum Gasteiger partial charge on any atom is -0.345 e. The second-order valence-electron chi connectivity index (χ2n) is 3.89. The smallest absolute Gasteiger partial charge is 0.268 e.